The zero-order chi connectivity index (χ0) is 18.9. The summed E-state index contributed by atoms with van der Waals surface area (Å²) in [5.41, 5.74) is 4.51. The Morgan fingerprint density at radius 2 is 1.67 bits per heavy atom. The summed E-state index contributed by atoms with van der Waals surface area (Å²) in [6.07, 6.45) is 1.92. The van der Waals surface area contributed by atoms with Gasteiger partial charge in [0.25, 0.3) is 0 Å². The fraction of sp³-hybridized carbons (Fsp3) is 0.125. The monoisotopic (exact) mass is 373 g/mol. The van der Waals surface area contributed by atoms with Crippen molar-refractivity contribution in [3.8, 4) is 11.1 Å². The van der Waals surface area contributed by atoms with E-state index in [1.165, 1.54) is 21.6 Å². The maximum atomic E-state index is 5.67. The van der Waals surface area contributed by atoms with E-state index in [0.29, 0.717) is 12.5 Å². The zero-order valence-electron chi connectivity index (χ0n) is 15.6. The molecular formula is C24H23NOS. The summed E-state index contributed by atoms with van der Waals surface area (Å²) in [5, 5.41) is 2.02. The topological polar surface area (TPSA) is 21.6 Å². The smallest absolute Gasteiger partial charge is 0.214 e. The van der Waals surface area contributed by atoms with Gasteiger partial charge in [-0.1, -0.05) is 71.9 Å². The summed E-state index contributed by atoms with van der Waals surface area (Å²) in [5.74, 6) is 0.616. The molecule has 0 atom stereocenters. The van der Waals surface area contributed by atoms with Crippen molar-refractivity contribution in [1.82, 2.24) is 0 Å². The molecule has 136 valence electrons. The second-order valence-corrected chi connectivity index (χ2v) is 7.01. The first-order valence-corrected chi connectivity index (χ1v) is 9.89. The molecule has 3 aromatic rings. The second-order valence-electron chi connectivity index (χ2n) is 6.03. The molecular weight excluding hydrogens is 350 g/mol. The third-order valence-corrected chi connectivity index (χ3v) is 4.71. The van der Waals surface area contributed by atoms with Crippen LogP contribution in [0.5, 0.6) is 0 Å². The fourth-order valence-electron chi connectivity index (χ4n) is 2.61. The van der Waals surface area contributed by atoms with Gasteiger partial charge in [-0.3, -0.25) is 0 Å². The molecule has 0 bridgehead atoms. The molecule has 0 aromatic heterocycles. The van der Waals surface area contributed by atoms with Gasteiger partial charge in [-0.05, 0) is 54.6 Å². The molecule has 0 aliphatic rings. The molecule has 27 heavy (non-hydrogen) atoms. The number of ether oxygens (including phenoxy) is 1. The molecule has 0 unspecified atom stereocenters. The van der Waals surface area contributed by atoms with Gasteiger partial charge in [0, 0.05) is 11.0 Å². The Hall–Kier alpha value is -2.78. The molecule has 0 fully saturated rings. The Morgan fingerprint density at radius 1 is 0.926 bits per heavy atom. The van der Waals surface area contributed by atoms with E-state index in [4.69, 9.17) is 4.74 Å². The first-order chi connectivity index (χ1) is 13.2. The molecule has 0 saturated carbocycles. The lowest BCUT2D eigenvalue weighted by atomic mass is 10.1. The molecule has 0 amide bonds. The predicted octanol–water partition coefficient (Wildman–Crippen LogP) is 7.03. The van der Waals surface area contributed by atoms with E-state index < -0.39 is 0 Å². The number of aliphatic imine (C=N–C) groups is 1. The SMILES string of the molecule is CCOC(C=CSc1cccc(C)c1)=Nc1ccc(-c2ccccc2)cc1. The summed E-state index contributed by atoms with van der Waals surface area (Å²) in [7, 11) is 0. The molecule has 2 nitrogen and oxygen atoms in total. The minimum atomic E-state index is 0.584. The average Bonchev–Trinajstić information content (AvgIpc) is 2.69. The van der Waals surface area contributed by atoms with Crippen molar-refractivity contribution in [2.75, 3.05) is 6.61 Å². The third kappa shape index (κ3) is 5.87. The van der Waals surface area contributed by atoms with Gasteiger partial charge in [0.1, 0.15) is 0 Å². The standard InChI is InChI=1S/C24H23NOS/c1-3-26-24(16-17-27-23-11-7-8-19(2)18-23)25-22-14-12-21(13-15-22)20-9-5-4-6-10-20/h4-18H,3H2,1-2H3. The van der Waals surface area contributed by atoms with Crippen molar-refractivity contribution in [3.63, 3.8) is 0 Å². The molecule has 0 radical (unpaired) electrons. The number of thioether (sulfide) groups is 1. The number of hydrogen-bond acceptors (Lipinski definition) is 3. The Kier molecular flexibility index (Phi) is 6.89. The Balaban J connectivity index is 1.72. The van der Waals surface area contributed by atoms with Gasteiger partial charge < -0.3 is 4.74 Å². The van der Waals surface area contributed by atoms with Crippen LogP contribution in [0.1, 0.15) is 12.5 Å². The lowest BCUT2D eigenvalue weighted by Crippen LogP contribution is -1.99. The fourth-order valence-corrected chi connectivity index (χ4v) is 3.36. The summed E-state index contributed by atoms with van der Waals surface area (Å²) in [4.78, 5) is 5.83. The van der Waals surface area contributed by atoms with Crippen LogP contribution in [0.3, 0.4) is 0 Å². The van der Waals surface area contributed by atoms with Crippen molar-refractivity contribution in [2.45, 2.75) is 18.7 Å². The highest BCUT2D eigenvalue weighted by molar-refractivity contribution is 8.02. The molecule has 3 heteroatoms. The van der Waals surface area contributed by atoms with Crippen LogP contribution < -0.4 is 0 Å². The van der Waals surface area contributed by atoms with Crippen LogP contribution in [0, 0.1) is 6.92 Å². The van der Waals surface area contributed by atoms with Crippen LogP contribution in [0.4, 0.5) is 5.69 Å². The van der Waals surface area contributed by atoms with Gasteiger partial charge in [0.15, 0.2) is 0 Å². The van der Waals surface area contributed by atoms with Gasteiger partial charge in [0.05, 0.1) is 12.3 Å². The van der Waals surface area contributed by atoms with Crippen LogP contribution in [-0.2, 0) is 4.74 Å². The van der Waals surface area contributed by atoms with E-state index in [0.717, 1.165) is 5.69 Å². The predicted molar refractivity (Wildman–Crippen MR) is 117 cm³/mol. The van der Waals surface area contributed by atoms with Crippen LogP contribution in [0.2, 0.25) is 0 Å². The van der Waals surface area contributed by atoms with E-state index in [1.807, 2.05) is 48.7 Å². The lowest BCUT2D eigenvalue weighted by Gasteiger charge is -2.05. The maximum absolute atomic E-state index is 5.67. The first kappa shape index (κ1) is 19.0. The minimum Gasteiger partial charge on any atom is -0.478 e. The molecule has 3 aromatic carbocycles. The maximum Gasteiger partial charge on any atom is 0.214 e. The van der Waals surface area contributed by atoms with Crippen molar-refractivity contribution in [1.29, 1.82) is 0 Å². The van der Waals surface area contributed by atoms with Crippen LogP contribution in [0.15, 0.2) is 100 Å². The van der Waals surface area contributed by atoms with E-state index in [1.54, 1.807) is 11.8 Å². The van der Waals surface area contributed by atoms with Crippen LogP contribution >= 0.6 is 11.8 Å². The highest BCUT2D eigenvalue weighted by atomic mass is 32.2. The van der Waals surface area contributed by atoms with Gasteiger partial charge in [-0.2, -0.15) is 0 Å². The largest absolute Gasteiger partial charge is 0.478 e. The molecule has 0 aliphatic heterocycles. The quantitative estimate of drug-likeness (QED) is 0.263. The number of benzene rings is 3. The molecule has 0 heterocycles. The summed E-state index contributed by atoms with van der Waals surface area (Å²) < 4.78 is 5.67. The Labute approximate surface area is 165 Å². The number of nitrogens with zero attached hydrogens (tertiary/aromatic N) is 1. The summed E-state index contributed by atoms with van der Waals surface area (Å²) in [6.45, 7) is 4.65. The first-order valence-electron chi connectivity index (χ1n) is 9.01. The average molecular weight is 374 g/mol. The summed E-state index contributed by atoms with van der Waals surface area (Å²) >= 11 is 1.66. The van der Waals surface area contributed by atoms with Gasteiger partial charge in [-0.15, -0.1) is 0 Å². The normalized spacial score (nSPS) is 11.7. The molecule has 0 N–H and O–H groups in total. The Morgan fingerprint density at radius 3 is 2.37 bits per heavy atom. The van der Waals surface area contributed by atoms with Crippen molar-refractivity contribution in [3.05, 3.63) is 95.9 Å². The molecule has 0 spiro atoms. The second kappa shape index (κ2) is 9.79. The van der Waals surface area contributed by atoms with Crippen molar-refractivity contribution in [2.24, 2.45) is 4.99 Å². The van der Waals surface area contributed by atoms with Gasteiger partial charge in [0.2, 0.25) is 5.90 Å². The van der Waals surface area contributed by atoms with Crippen molar-refractivity contribution >= 4 is 23.3 Å². The van der Waals surface area contributed by atoms with Gasteiger partial charge in [-0.25, -0.2) is 4.99 Å². The van der Waals surface area contributed by atoms with Crippen LogP contribution in [-0.4, -0.2) is 12.5 Å². The molecule has 0 saturated heterocycles. The van der Waals surface area contributed by atoms with E-state index in [2.05, 4.69) is 60.4 Å². The Bertz CT molecular complexity index is 915. The van der Waals surface area contributed by atoms with Crippen LogP contribution in [0.25, 0.3) is 11.1 Å². The van der Waals surface area contributed by atoms with E-state index in [9.17, 15) is 0 Å². The molecule has 0 aliphatic carbocycles. The van der Waals surface area contributed by atoms with E-state index in [-0.39, 0.29) is 0 Å². The number of rotatable bonds is 6. The highest BCUT2D eigenvalue weighted by Crippen LogP contribution is 2.23. The van der Waals surface area contributed by atoms with E-state index >= 15 is 0 Å². The molecule has 3 rings (SSSR count). The third-order valence-electron chi connectivity index (χ3n) is 3.91. The summed E-state index contributed by atoms with van der Waals surface area (Å²) in [6, 6.07) is 27.0. The minimum absolute atomic E-state index is 0.584. The highest BCUT2D eigenvalue weighted by Gasteiger charge is 1.99. The van der Waals surface area contributed by atoms with Gasteiger partial charge >= 0.3 is 0 Å². The number of hydrogen-bond donors (Lipinski definition) is 0. The zero-order valence-corrected chi connectivity index (χ0v) is 16.4. The van der Waals surface area contributed by atoms with Crippen molar-refractivity contribution < 1.29 is 4.74 Å². The lowest BCUT2D eigenvalue weighted by molar-refractivity contribution is 0.330. The number of aryl methyl sites for hydroxylation is 1.